The lowest BCUT2D eigenvalue weighted by molar-refractivity contribution is -0.114. The Hall–Kier alpha value is -2.30. The van der Waals surface area contributed by atoms with Gasteiger partial charge in [-0.1, -0.05) is 0 Å². The zero-order chi connectivity index (χ0) is 13.3. The van der Waals surface area contributed by atoms with Gasteiger partial charge in [-0.2, -0.15) is 0 Å². The molecule has 2 aromatic rings. The summed E-state index contributed by atoms with van der Waals surface area (Å²) in [6.45, 7) is 3.37. The fourth-order valence-corrected chi connectivity index (χ4v) is 1.91. The van der Waals surface area contributed by atoms with E-state index in [-0.39, 0.29) is 5.91 Å². The summed E-state index contributed by atoms with van der Waals surface area (Å²) in [4.78, 5) is 25.4. The van der Waals surface area contributed by atoms with Gasteiger partial charge in [0.1, 0.15) is 5.69 Å². The molecule has 0 bridgehead atoms. The first kappa shape index (κ1) is 12.2. The molecule has 0 fully saturated rings. The molecule has 1 amide bonds. The molecule has 0 aliphatic carbocycles. The standard InChI is InChI=1S/C13H14N2O3/c1-7-4-9(14-8(2)16)5-11-10(7)6-12(15-11)13(17)18-3/h4-6,15H,1-3H3,(H,14,16). The lowest BCUT2D eigenvalue weighted by Crippen LogP contribution is -2.05. The maximum Gasteiger partial charge on any atom is 0.354 e. The quantitative estimate of drug-likeness (QED) is 0.798. The number of carbonyl (C=O) groups is 2. The largest absolute Gasteiger partial charge is 0.464 e. The van der Waals surface area contributed by atoms with Crippen LogP contribution >= 0.6 is 0 Å². The van der Waals surface area contributed by atoms with Gasteiger partial charge in [0.25, 0.3) is 0 Å². The highest BCUT2D eigenvalue weighted by Crippen LogP contribution is 2.24. The normalized spacial score (nSPS) is 10.4. The number of aryl methyl sites for hydroxylation is 1. The van der Waals surface area contributed by atoms with E-state index < -0.39 is 5.97 Å². The van der Waals surface area contributed by atoms with E-state index in [1.165, 1.54) is 14.0 Å². The summed E-state index contributed by atoms with van der Waals surface area (Å²) in [6.07, 6.45) is 0. The van der Waals surface area contributed by atoms with Gasteiger partial charge in [0, 0.05) is 23.5 Å². The molecule has 1 heterocycles. The first-order chi connectivity index (χ1) is 8.51. The third-order valence-electron chi connectivity index (χ3n) is 2.67. The van der Waals surface area contributed by atoms with Crippen molar-refractivity contribution in [2.24, 2.45) is 0 Å². The van der Waals surface area contributed by atoms with Crippen molar-refractivity contribution < 1.29 is 14.3 Å². The Balaban J connectivity index is 2.52. The predicted molar refractivity (Wildman–Crippen MR) is 68.7 cm³/mol. The molecule has 2 N–H and O–H groups in total. The Morgan fingerprint density at radius 2 is 2.00 bits per heavy atom. The molecule has 1 aromatic heterocycles. The van der Waals surface area contributed by atoms with Gasteiger partial charge < -0.3 is 15.0 Å². The summed E-state index contributed by atoms with van der Waals surface area (Å²) in [7, 11) is 1.34. The number of fused-ring (bicyclic) bond motifs is 1. The van der Waals surface area contributed by atoms with Crippen LogP contribution in [0.15, 0.2) is 18.2 Å². The Labute approximate surface area is 104 Å². The zero-order valence-corrected chi connectivity index (χ0v) is 10.5. The number of rotatable bonds is 2. The highest BCUT2D eigenvalue weighted by molar-refractivity contribution is 5.98. The summed E-state index contributed by atoms with van der Waals surface area (Å²) >= 11 is 0. The van der Waals surface area contributed by atoms with Crippen LogP contribution in [0.1, 0.15) is 23.0 Å². The fraction of sp³-hybridized carbons (Fsp3) is 0.231. The van der Waals surface area contributed by atoms with Crippen LogP contribution in [0.3, 0.4) is 0 Å². The molecule has 0 aliphatic heterocycles. The highest BCUT2D eigenvalue weighted by Gasteiger charge is 2.11. The van der Waals surface area contributed by atoms with E-state index in [0.29, 0.717) is 11.4 Å². The van der Waals surface area contributed by atoms with Crippen LogP contribution in [0.5, 0.6) is 0 Å². The van der Waals surface area contributed by atoms with Gasteiger partial charge in [-0.3, -0.25) is 4.79 Å². The number of carbonyl (C=O) groups excluding carboxylic acids is 2. The van der Waals surface area contributed by atoms with Crippen LogP contribution < -0.4 is 5.32 Å². The number of aromatic nitrogens is 1. The Kier molecular flexibility index (Phi) is 3.06. The van der Waals surface area contributed by atoms with Crippen molar-refractivity contribution in [3.05, 3.63) is 29.5 Å². The van der Waals surface area contributed by atoms with Crippen molar-refractivity contribution in [1.82, 2.24) is 4.98 Å². The minimum Gasteiger partial charge on any atom is -0.464 e. The first-order valence-electron chi connectivity index (χ1n) is 5.50. The molecule has 1 aromatic carbocycles. The van der Waals surface area contributed by atoms with Gasteiger partial charge in [0.2, 0.25) is 5.91 Å². The SMILES string of the molecule is COC(=O)c1cc2c(C)cc(NC(C)=O)cc2[nH]1. The number of benzene rings is 1. The van der Waals surface area contributed by atoms with Gasteiger partial charge >= 0.3 is 5.97 Å². The second-order valence-corrected chi connectivity index (χ2v) is 4.11. The maximum atomic E-state index is 11.4. The number of methoxy groups -OCH3 is 1. The predicted octanol–water partition coefficient (Wildman–Crippen LogP) is 2.22. The van der Waals surface area contributed by atoms with Gasteiger partial charge in [0.15, 0.2) is 0 Å². The van der Waals surface area contributed by atoms with Gasteiger partial charge in [-0.25, -0.2) is 4.79 Å². The summed E-state index contributed by atoms with van der Waals surface area (Å²) in [5.41, 5.74) is 2.86. The van der Waals surface area contributed by atoms with Crippen LogP contribution in [-0.4, -0.2) is 24.0 Å². The van der Waals surface area contributed by atoms with Gasteiger partial charge in [-0.05, 0) is 30.7 Å². The lowest BCUT2D eigenvalue weighted by atomic mass is 10.1. The maximum absolute atomic E-state index is 11.4. The number of aromatic amines is 1. The van der Waals surface area contributed by atoms with Crippen LogP contribution in [0, 0.1) is 6.92 Å². The third-order valence-corrected chi connectivity index (χ3v) is 2.67. The molecule has 0 aliphatic rings. The number of nitrogens with one attached hydrogen (secondary N) is 2. The molecule has 18 heavy (non-hydrogen) atoms. The van der Waals surface area contributed by atoms with Crippen molar-refractivity contribution in [2.75, 3.05) is 12.4 Å². The van der Waals surface area contributed by atoms with Crippen molar-refractivity contribution in [3.8, 4) is 0 Å². The number of esters is 1. The number of amides is 1. The second kappa shape index (κ2) is 4.52. The van der Waals surface area contributed by atoms with E-state index >= 15 is 0 Å². The van der Waals surface area contributed by atoms with E-state index in [0.717, 1.165) is 16.5 Å². The van der Waals surface area contributed by atoms with Crippen molar-refractivity contribution in [2.45, 2.75) is 13.8 Å². The van der Waals surface area contributed by atoms with Crippen LogP contribution in [0.25, 0.3) is 10.9 Å². The van der Waals surface area contributed by atoms with E-state index in [4.69, 9.17) is 0 Å². The van der Waals surface area contributed by atoms with Gasteiger partial charge in [-0.15, -0.1) is 0 Å². The number of ether oxygens (including phenoxy) is 1. The van der Waals surface area contributed by atoms with Crippen molar-refractivity contribution in [1.29, 1.82) is 0 Å². The average Bonchev–Trinajstić information content (AvgIpc) is 2.71. The van der Waals surface area contributed by atoms with Gasteiger partial charge in [0.05, 0.1) is 7.11 Å². The average molecular weight is 246 g/mol. The number of H-pyrrole nitrogens is 1. The smallest absolute Gasteiger partial charge is 0.354 e. The van der Waals surface area contributed by atoms with E-state index in [2.05, 4.69) is 15.0 Å². The topological polar surface area (TPSA) is 71.2 Å². The fourth-order valence-electron chi connectivity index (χ4n) is 1.91. The number of hydrogen-bond acceptors (Lipinski definition) is 3. The third kappa shape index (κ3) is 2.20. The summed E-state index contributed by atoms with van der Waals surface area (Å²) in [5.74, 6) is -0.542. The van der Waals surface area contributed by atoms with Crippen LogP contribution in [0.4, 0.5) is 5.69 Å². The molecule has 0 atom stereocenters. The summed E-state index contributed by atoms with van der Waals surface area (Å²) in [6, 6.07) is 5.39. The Morgan fingerprint density at radius 1 is 1.28 bits per heavy atom. The monoisotopic (exact) mass is 246 g/mol. The molecule has 0 radical (unpaired) electrons. The number of anilines is 1. The lowest BCUT2D eigenvalue weighted by Gasteiger charge is -2.04. The minimum atomic E-state index is -0.410. The molecule has 94 valence electrons. The van der Waals surface area contributed by atoms with E-state index in [1.54, 1.807) is 12.1 Å². The van der Waals surface area contributed by atoms with E-state index in [1.807, 2.05) is 13.0 Å². The molecule has 0 saturated carbocycles. The van der Waals surface area contributed by atoms with Crippen LogP contribution in [-0.2, 0) is 9.53 Å². The van der Waals surface area contributed by atoms with Crippen molar-refractivity contribution in [3.63, 3.8) is 0 Å². The van der Waals surface area contributed by atoms with Crippen LogP contribution in [0.2, 0.25) is 0 Å². The van der Waals surface area contributed by atoms with E-state index in [9.17, 15) is 9.59 Å². The summed E-state index contributed by atoms with van der Waals surface area (Å²) < 4.78 is 4.66. The molecule has 0 saturated heterocycles. The molecular weight excluding hydrogens is 232 g/mol. The second-order valence-electron chi connectivity index (χ2n) is 4.11. The molecule has 0 unspecified atom stereocenters. The molecule has 5 heteroatoms. The molecule has 2 rings (SSSR count). The summed E-state index contributed by atoms with van der Waals surface area (Å²) in [5, 5.41) is 3.65. The molecule has 0 spiro atoms. The number of hydrogen-bond donors (Lipinski definition) is 2. The Bertz CT molecular complexity index is 628. The zero-order valence-electron chi connectivity index (χ0n) is 10.5. The van der Waals surface area contributed by atoms with Crippen molar-refractivity contribution >= 4 is 28.5 Å². The molecule has 5 nitrogen and oxygen atoms in total. The Morgan fingerprint density at radius 3 is 2.61 bits per heavy atom. The molecular formula is C13H14N2O3. The minimum absolute atomic E-state index is 0.131. The highest BCUT2D eigenvalue weighted by atomic mass is 16.5. The first-order valence-corrected chi connectivity index (χ1v) is 5.50.